The van der Waals surface area contributed by atoms with Crippen LogP contribution in [0.1, 0.15) is 36.5 Å². The van der Waals surface area contributed by atoms with E-state index >= 15 is 0 Å². The third kappa shape index (κ3) is 5.45. The highest BCUT2D eigenvalue weighted by Crippen LogP contribution is 2.42. The van der Waals surface area contributed by atoms with Crippen LogP contribution >= 0.6 is 0 Å². The highest BCUT2D eigenvalue weighted by molar-refractivity contribution is 6.07. The molecule has 0 amide bonds. The Hall–Kier alpha value is -4.72. The first-order valence-electron chi connectivity index (χ1n) is 12.7. The number of hydrogen-bond donors (Lipinski definition) is 1. The molecular formula is C31H30N4O4. The summed E-state index contributed by atoms with van der Waals surface area (Å²) >= 11 is 0. The molecule has 0 spiro atoms. The number of nitrogens with zero attached hydrogens (tertiary/aromatic N) is 3. The van der Waals surface area contributed by atoms with Crippen molar-refractivity contribution in [2.24, 2.45) is 10.9 Å². The van der Waals surface area contributed by atoms with Gasteiger partial charge in [-0.15, -0.1) is 0 Å². The first-order valence-corrected chi connectivity index (χ1v) is 12.7. The molecule has 39 heavy (non-hydrogen) atoms. The van der Waals surface area contributed by atoms with Gasteiger partial charge in [-0.2, -0.15) is 0 Å². The maximum absolute atomic E-state index is 13.5. The van der Waals surface area contributed by atoms with Crippen molar-refractivity contribution in [1.29, 1.82) is 0 Å². The molecule has 0 saturated carbocycles. The molecule has 4 aromatic rings. The minimum atomic E-state index is -0.739. The molecule has 1 aliphatic heterocycles. The molecule has 198 valence electrons. The van der Waals surface area contributed by atoms with Gasteiger partial charge in [-0.25, -0.2) is 9.78 Å². The van der Waals surface area contributed by atoms with Gasteiger partial charge in [0, 0.05) is 53.4 Å². The Morgan fingerprint density at radius 3 is 2.64 bits per heavy atom. The number of benzene rings is 2. The van der Waals surface area contributed by atoms with Gasteiger partial charge in [0.25, 0.3) is 0 Å². The lowest BCUT2D eigenvalue weighted by molar-refractivity contribution is -0.143. The van der Waals surface area contributed by atoms with E-state index in [1.165, 1.54) is 7.11 Å². The number of fused-ring (bicyclic) bond motifs is 1. The predicted molar refractivity (Wildman–Crippen MR) is 150 cm³/mol. The minimum Gasteiger partial charge on any atom is -0.468 e. The van der Waals surface area contributed by atoms with Crippen molar-refractivity contribution in [3.8, 4) is 0 Å². The van der Waals surface area contributed by atoms with Crippen LogP contribution in [0.25, 0.3) is 17.0 Å². The molecule has 2 atom stereocenters. The first kappa shape index (κ1) is 25.9. The lowest BCUT2D eigenvalue weighted by atomic mass is 9.75. The molecule has 1 aliphatic rings. The minimum absolute atomic E-state index is 0.0819. The summed E-state index contributed by atoms with van der Waals surface area (Å²) in [6, 6.07) is 15.9. The lowest BCUT2D eigenvalue weighted by Gasteiger charge is -2.30. The molecule has 0 radical (unpaired) electrons. The molecule has 0 fully saturated rings. The van der Waals surface area contributed by atoms with Gasteiger partial charge in [0.2, 0.25) is 0 Å². The largest absolute Gasteiger partial charge is 0.468 e. The molecule has 5 rings (SSSR count). The van der Waals surface area contributed by atoms with Crippen molar-refractivity contribution < 1.29 is 19.1 Å². The fourth-order valence-corrected chi connectivity index (χ4v) is 5.13. The van der Waals surface area contributed by atoms with Gasteiger partial charge in [-0.05, 0) is 42.7 Å². The van der Waals surface area contributed by atoms with Gasteiger partial charge in [-0.3, -0.25) is 9.79 Å². The van der Waals surface area contributed by atoms with Crippen LogP contribution in [0.2, 0.25) is 0 Å². The van der Waals surface area contributed by atoms with E-state index in [4.69, 9.17) is 9.47 Å². The number of carbonyl (C=O) groups excluding carboxylic acids is 2. The molecule has 1 N–H and O–H groups in total. The SMILES string of the molecule is COC(=O)C1C(C)=NC(C)=C(C(=O)OCC=Cc2ccc(Cn3ccnc3)cc2)C1c1c[nH]c2ccccc12. The second-order valence-electron chi connectivity index (χ2n) is 9.50. The standard InChI is InChI=1S/C31H30N4O4/c1-20-27(30(36)38-3)29(25-17-33-26-9-5-4-8-24(25)26)28(21(2)34-20)31(37)39-16-6-7-22-10-12-23(13-11-22)18-35-15-14-32-19-35/h4-15,17,19,27,29,33H,16,18H2,1-3H3. The topological polar surface area (TPSA) is 98.6 Å². The molecule has 2 unspecified atom stereocenters. The smallest absolute Gasteiger partial charge is 0.336 e. The van der Waals surface area contributed by atoms with Crippen molar-refractivity contribution in [2.45, 2.75) is 26.3 Å². The van der Waals surface area contributed by atoms with Gasteiger partial charge in [0.05, 0.1) is 19.0 Å². The van der Waals surface area contributed by atoms with Gasteiger partial charge in [0.15, 0.2) is 0 Å². The van der Waals surface area contributed by atoms with Crippen LogP contribution < -0.4 is 0 Å². The van der Waals surface area contributed by atoms with Crippen LogP contribution in [0.15, 0.2) is 95.8 Å². The summed E-state index contributed by atoms with van der Waals surface area (Å²) in [5.41, 5.74) is 5.39. The van der Waals surface area contributed by atoms with Crippen molar-refractivity contribution in [1.82, 2.24) is 14.5 Å². The Labute approximate surface area is 226 Å². The Balaban J connectivity index is 1.34. The number of aliphatic imine (C=N–C) groups is 1. The number of ether oxygens (including phenoxy) is 2. The highest BCUT2D eigenvalue weighted by Gasteiger charge is 2.43. The number of aromatic nitrogens is 3. The van der Waals surface area contributed by atoms with E-state index in [1.54, 1.807) is 32.4 Å². The number of aromatic amines is 1. The van der Waals surface area contributed by atoms with E-state index in [2.05, 4.69) is 27.1 Å². The third-order valence-corrected chi connectivity index (χ3v) is 6.98. The molecule has 0 bridgehead atoms. The quantitative estimate of drug-likeness (QED) is 0.317. The van der Waals surface area contributed by atoms with Gasteiger partial charge in [-0.1, -0.05) is 48.5 Å². The van der Waals surface area contributed by atoms with Crippen molar-refractivity contribution >= 4 is 34.6 Å². The number of para-hydroxylation sites is 1. The van der Waals surface area contributed by atoms with Crippen molar-refractivity contribution in [3.05, 3.63) is 107 Å². The van der Waals surface area contributed by atoms with E-state index in [0.717, 1.165) is 34.1 Å². The van der Waals surface area contributed by atoms with Gasteiger partial charge >= 0.3 is 11.9 Å². The number of H-pyrrole nitrogens is 1. The maximum atomic E-state index is 13.5. The first-order chi connectivity index (χ1) is 19.0. The van der Waals surface area contributed by atoms with E-state index < -0.39 is 23.8 Å². The Morgan fingerprint density at radius 2 is 1.90 bits per heavy atom. The molecule has 8 heteroatoms. The molecule has 8 nitrogen and oxygen atoms in total. The average Bonchev–Trinajstić information content (AvgIpc) is 3.61. The molecule has 2 aromatic carbocycles. The Bertz CT molecular complexity index is 1580. The molecule has 3 heterocycles. The predicted octanol–water partition coefficient (Wildman–Crippen LogP) is 5.29. The zero-order chi connectivity index (χ0) is 27.4. The number of esters is 2. The van der Waals surface area contributed by atoms with E-state index in [1.807, 2.05) is 59.4 Å². The van der Waals surface area contributed by atoms with Gasteiger partial charge < -0.3 is 19.0 Å². The van der Waals surface area contributed by atoms with Crippen molar-refractivity contribution in [3.63, 3.8) is 0 Å². The number of imidazole rings is 1. The van der Waals surface area contributed by atoms with E-state index in [-0.39, 0.29) is 6.61 Å². The maximum Gasteiger partial charge on any atom is 0.336 e. The van der Waals surface area contributed by atoms with Crippen LogP contribution in [0, 0.1) is 5.92 Å². The van der Waals surface area contributed by atoms with Gasteiger partial charge in [0.1, 0.15) is 12.5 Å². The van der Waals surface area contributed by atoms with Crippen LogP contribution in [-0.4, -0.2) is 45.9 Å². The zero-order valence-electron chi connectivity index (χ0n) is 22.1. The molecular weight excluding hydrogens is 492 g/mol. The Kier molecular flexibility index (Phi) is 7.54. The van der Waals surface area contributed by atoms with Crippen LogP contribution in [-0.2, 0) is 25.6 Å². The molecule has 2 aromatic heterocycles. The highest BCUT2D eigenvalue weighted by atomic mass is 16.5. The number of hydrogen-bond acceptors (Lipinski definition) is 6. The summed E-state index contributed by atoms with van der Waals surface area (Å²) < 4.78 is 12.8. The summed E-state index contributed by atoms with van der Waals surface area (Å²) in [4.78, 5) is 38.3. The van der Waals surface area contributed by atoms with Crippen LogP contribution in [0.3, 0.4) is 0 Å². The van der Waals surface area contributed by atoms with E-state index in [0.29, 0.717) is 17.0 Å². The second-order valence-corrected chi connectivity index (χ2v) is 9.50. The fourth-order valence-electron chi connectivity index (χ4n) is 5.13. The van der Waals surface area contributed by atoms with E-state index in [9.17, 15) is 9.59 Å². The monoisotopic (exact) mass is 522 g/mol. The lowest BCUT2D eigenvalue weighted by Crippen LogP contribution is -2.36. The van der Waals surface area contributed by atoms with Crippen LogP contribution in [0.4, 0.5) is 0 Å². The Morgan fingerprint density at radius 1 is 1.10 bits per heavy atom. The summed E-state index contributed by atoms with van der Waals surface area (Å²) in [7, 11) is 1.35. The van der Waals surface area contributed by atoms with Crippen molar-refractivity contribution in [2.75, 3.05) is 13.7 Å². The third-order valence-electron chi connectivity index (χ3n) is 6.98. The summed E-state index contributed by atoms with van der Waals surface area (Å²) in [5.74, 6) is -2.28. The average molecular weight is 523 g/mol. The zero-order valence-corrected chi connectivity index (χ0v) is 22.1. The number of methoxy groups -OCH3 is 1. The summed E-state index contributed by atoms with van der Waals surface area (Å²) in [6.07, 6.45) is 11.0. The molecule has 0 saturated heterocycles. The second kappa shape index (κ2) is 11.3. The summed E-state index contributed by atoms with van der Waals surface area (Å²) in [6.45, 7) is 4.40. The molecule has 0 aliphatic carbocycles. The number of allylic oxidation sites excluding steroid dienone is 1. The number of rotatable bonds is 8. The van der Waals surface area contributed by atoms with Crippen LogP contribution in [0.5, 0.6) is 0 Å². The summed E-state index contributed by atoms with van der Waals surface area (Å²) in [5, 5.41) is 0.931. The normalized spacial score (nSPS) is 17.5. The number of nitrogens with one attached hydrogen (secondary N) is 1. The fraction of sp³-hybridized carbons (Fsp3) is 0.226. The number of carbonyl (C=O) groups is 2.